The van der Waals surface area contributed by atoms with Crippen LogP contribution in [0.15, 0.2) is 24.3 Å². The van der Waals surface area contributed by atoms with Crippen molar-refractivity contribution >= 4 is 63.4 Å². The molecule has 0 aromatic heterocycles. The van der Waals surface area contributed by atoms with Gasteiger partial charge in [-0.1, -0.05) is 6.07 Å². The summed E-state index contributed by atoms with van der Waals surface area (Å²) in [6, 6.07) is 4.06. The summed E-state index contributed by atoms with van der Waals surface area (Å²) in [6.07, 6.45) is 2.27. The monoisotopic (exact) mass is 220 g/mol. The van der Waals surface area contributed by atoms with Crippen LogP contribution in [-0.4, -0.2) is 72.7 Å². The van der Waals surface area contributed by atoms with Gasteiger partial charge in [0.05, 0.1) is 0 Å². The molecule has 5 heteroatoms. The Bertz CT molecular complexity index is 360. The molecule has 0 aliphatic carbocycles. The number of benzene rings is 1. The molecule has 3 N–H and O–H groups in total. The van der Waals surface area contributed by atoms with Gasteiger partial charge < -0.3 is 15.3 Å². The second kappa shape index (κ2) is 6.21. The maximum atomic E-state index is 10.1. The number of carboxylic acids is 1. The van der Waals surface area contributed by atoms with Crippen LogP contribution in [0.2, 0.25) is 0 Å². The maximum absolute atomic E-state index is 10.1. The fourth-order valence-electron chi connectivity index (χ4n) is 0.812. The van der Waals surface area contributed by atoms with Crippen molar-refractivity contribution in [1.29, 1.82) is 0 Å². The number of phenols is 2. The molecule has 0 saturated heterocycles. The second-order valence-corrected chi connectivity index (χ2v) is 2.42. The van der Waals surface area contributed by atoms with Crippen molar-refractivity contribution in [3.05, 3.63) is 29.8 Å². The Balaban J connectivity index is 0.00000169. The van der Waals surface area contributed by atoms with Crippen LogP contribution < -0.4 is 0 Å². The predicted octanol–water partition coefficient (Wildman–Crippen LogP) is 0.547. The van der Waals surface area contributed by atoms with Crippen LogP contribution in [0, 0.1) is 0 Å². The molecule has 0 unspecified atom stereocenters. The summed E-state index contributed by atoms with van der Waals surface area (Å²) >= 11 is 0. The fraction of sp³-hybridized carbons (Fsp3) is 0. The molecule has 0 amide bonds. The Hall–Kier alpha value is -0.334. The first-order valence-corrected chi connectivity index (χ1v) is 3.52. The second-order valence-electron chi connectivity index (χ2n) is 2.42. The van der Waals surface area contributed by atoms with Crippen LogP contribution in [-0.2, 0) is 4.79 Å². The molecular formula is C9H9KO4. The zero-order valence-corrected chi connectivity index (χ0v) is 6.64. The fourth-order valence-corrected chi connectivity index (χ4v) is 0.812. The molecule has 0 heterocycles. The van der Waals surface area contributed by atoms with E-state index in [-0.39, 0.29) is 62.9 Å². The van der Waals surface area contributed by atoms with Crippen LogP contribution in [0.3, 0.4) is 0 Å². The molecule has 0 fully saturated rings. The molecule has 0 radical (unpaired) electrons. The normalized spacial score (nSPS) is 9.71. The number of rotatable bonds is 2. The van der Waals surface area contributed by atoms with Gasteiger partial charge in [-0.15, -0.1) is 0 Å². The van der Waals surface area contributed by atoms with E-state index in [9.17, 15) is 4.79 Å². The van der Waals surface area contributed by atoms with Crippen LogP contribution >= 0.6 is 0 Å². The molecule has 0 bridgehead atoms. The van der Waals surface area contributed by atoms with Gasteiger partial charge in [0, 0.05) is 6.08 Å². The number of hydrogen-bond donors (Lipinski definition) is 3. The van der Waals surface area contributed by atoms with Gasteiger partial charge in [-0.05, 0) is 23.8 Å². The Labute approximate surface area is 123 Å². The summed E-state index contributed by atoms with van der Waals surface area (Å²) in [5.41, 5.74) is 0.512. The van der Waals surface area contributed by atoms with Gasteiger partial charge in [-0.3, -0.25) is 0 Å². The number of hydrogen-bond acceptors (Lipinski definition) is 3. The van der Waals surface area contributed by atoms with E-state index < -0.39 is 5.97 Å². The van der Waals surface area contributed by atoms with Crippen molar-refractivity contribution < 1.29 is 20.1 Å². The summed E-state index contributed by atoms with van der Waals surface area (Å²) in [6.45, 7) is 0. The first-order chi connectivity index (χ1) is 6.09. The first kappa shape index (κ1) is 13.7. The summed E-state index contributed by atoms with van der Waals surface area (Å²) in [5, 5.41) is 26.3. The first-order valence-electron chi connectivity index (χ1n) is 3.52. The SMILES string of the molecule is O=C(O)C=Cc1ccc(O)c(O)c1.[KH]. The van der Waals surface area contributed by atoms with E-state index in [2.05, 4.69) is 0 Å². The zero-order chi connectivity index (χ0) is 9.84. The molecule has 0 saturated carbocycles. The number of aliphatic carboxylic acids is 1. The van der Waals surface area contributed by atoms with Gasteiger partial charge in [-0.25, -0.2) is 4.79 Å². The van der Waals surface area contributed by atoms with Gasteiger partial charge in [0.1, 0.15) is 0 Å². The zero-order valence-electron chi connectivity index (χ0n) is 6.64. The van der Waals surface area contributed by atoms with E-state index in [0.29, 0.717) is 5.56 Å². The van der Waals surface area contributed by atoms with E-state index in [1.54, 1.807) is 0 Å². The third kappa shape index (κ3) is 4.25. The van der Waals surface area contributed by atoms with E-state index >= 15 is 0 Å². The molecule has 0 atom stereocenters. The van der Waals surface area contributed by atoms with Crippen molar-refractivity contribution in [3.63, 3.8) is 0 Å². The average molecular weight is 220 g/mol. The number of carbonyl (C=O) groups is 1. The number of carboxylic acid groups (broad SMARTS) is 1. The minimum absolute atomic E-state index is 0. The van der Waals surface area contributed by atoms with E-state index in [0.717, 1.165) is 6.08 Å². The molecule has 0 aliphatic heterocycles. The Morgan fingerprint density at radius 2 is 1.86 bits per heavy atom. The van der Waals surface area contributed by atoms with Gasteiger partial charge in [0.2, 0.25) is 0 Å². The van der Waals surface area contributed by atoms with Crippen LogP contribution in [0.5, 0.6) is 11.5 Å². The minimum atomic E-state index is -1.06. The van der Waals surface area contributed by atoms with Gasteiger partial charge in [-0.2, -0.15) is 0 Å². The van der Waals surface area contributed by atoms with E-state index in [4.69, 9.17) is 15.3 Å². The van der Waals surface area contributed by atoms with Crippen LogP contribution in [0.1, 0.15) is 5.56 Å². The third-order valence-corrected chi connectivity index (χ3v) is 1.42. The summed E-state index contributed by atoms with van der Waals surface area (Å²) < 4.78 is 0. The summed E-state index contributed by atoms with van der Waals surface area (Å²) in [5.74, 6) is -1.56. The summed E-state index contributed by atoms with van der Waals surface area (Å²) in [7, 11) is 0. The van der Waals surface area contributed by atoms with E-state index in [1.807, 2.05) is 0 Å². The van der Waals surface area contributed by atoms with Crippen LogP contribution in [0.4, 0.5) is 0 Å². The molecule has 14 heavy (non-hydrogen) atoms. The Morgan fingerprint density at radius 1 is 1.21 bits per heavy atom. The van der Waals surface area contributed by atoms with Crippen molar-refractivity contribution in [2.75, 3.05) is 0 Å². The van der Waals surface area contributed by atoms with E-state index in [1.165, 1.54) is 24.3 Å². The topological polar surface area (TPSA) is 77.8 Å². The summed E-state index contributed by atoms with van der Waals surface area (Å²) in [4.78, 5) is 10.1. The molecule has 4 nitrogen and oxygen atoms in total. The molecule has 1 aromatic rings. The molecule has 0 spiro atoms. The van der Waals surface area contributed by atoms with Crippen molar-refractivity contribution in [2.24, 2.45) is 0 Å². The number of phenolic OH excluding ortho intramolecular Hbond substituents is 2. The molecule has 0 aliphatic rings. The molecule has 70 valence electrons. The standard InChI is InChI=1S/C9H8O4.K.H/c10-7-3-1-6(5-8(7)11)2-4-9(12)13;;/h1-5,10-11H,(H,12,13);;. The predicted molar refractivity (Wildman–Crippen MR) is 53.6 cm³/mol. The van der Waals surface area contributed by atoms with Gasteiger partial charge in [0.15, 0.2) is 11.5 Å². The van der Waals surface area contributed by atoms with Crippen molar-refractivity contribution in [2.45, 2.75) is 0 Å². The van der Waals surface area contributed by atoms with Gasteiger partial charge in [0.25, 0.3) is 0 Å². The van der Waals surface area contributed by atoms with Crippen LogP contribution in [0.25, 0.3) is 6.08 Å². The number of aromatic hydroxyl groups is 2. The third-order valence-electron chi connectivity index (χ3n) is 1.42. The quantitative estimate of drug-likeness (QED) is 0.386. The molecule has 1 aromatic carbocycles. The van der Waals surface area contributed by atoms with Crippen molar-refractivity contribution in [3.8, 4) is 11.5 Å². The Kier molecular flexibility index (Phi) is 6.06. The molecular weight excluding hydrogens is 211 g/mol. The molecule has 1 rings (SSSR count). The Morgan fingerprint density at radius 3 is 2.36 bits per heavy atom. The van der Waals surface area contributed by atoms with Gasteiger partial charge >= 0.3 is 57.4 Å². The van der Waals surface area contributed by atoms with Crippen molar-refractivity contribution in [1.82, 2.24) is 0 Å². The average Bonchev–Trinajstić information content (AvgIpc) is 2.07.